The molecule has 0 fully saturated rings. The van der Waals surface area contributed by atoms with Crippen molar-refractivity contribution in [2.75, 3.05) is 11.1 Å². The Bertz CT molecular complexity index is 2020. The summed E-state index contributed by atoms with van der Waals surface area (Å²) >= 11 is 6.41. The van der Waals surface area contributed by atoms with Crippen molar-refractivity contribution >= 4 is 82.6 Å². The highest BCUT2D eigenvalue weighted by molar-refractivity contribution is 9.10. The van der Waals surface area contributed by atoms with E-state index < -0.39 is 0 Å². The number of rotatable bonds is 6. The summed E-state index contributed by atoms with van der Waals surface area (Å²) in [6.07, 6.45) is 4.16. The summed E-state index contributed by atoms with van der Waals surface area (Å²) in [5.74, 6) is -0.00956. The number of benzene rings is 3. The Hall–Kier alpha value is -3.40. The van der Waals surface area contributed by atoms with Crippen LogP contribution in [0.2, 0.25) is 0 Å². The van der Waals surface area contributed by atoms with E-state index in [1.807, 2.05) is 42.5 Å². The number of aromatic nitrogens is 3. The summed E-state index contributed by atoms with van der Waals surface area (Å²) in [6, 6.07) is 22.1. The molecule has 0 saturated carbocycles. The van der Waals surface area contributed by atoms with Gasteiger partial charge in [-0.05, 0) is 86.7 Å². The fourth-order valence-electron chi connectivity index (χ4n) is 5.90. The van der Waals surface area contributed by atoms with Crippen molar-refractivity contribution in [2.24, 2.45) is 0 Å². The molecule has 6 nitrogen and oxygen atoms in total. The molecule has 0 spiro atoms. The average Bonchev–Trinajstić information content (AvgIpc) is 3.52. The average molecular weight is 644 g/mol. The third-order valence-corrected chi connectivity index (χ3v) is 10.4. The first kappa shape index (κ1) is 26.5. The lowest BCUT2D eigenvalue weighted by atomic mass is 9.97. The van der Waals surface area contributed by atoms with E-state index in [9.17, 15) is 9.59 Å². The van der Waals surface area contributed by atoms with Crippen molar-refractivity contribution in [3.63, 3.8) is 0 Å². The molecule has 3 heterocycles. The first-order valence-electron chi connectivity index (χ1n) is 13.8. The number of amides is 1. The molecule has 206 valence electrons. The number of nitrogens with one attached hydrogen (secondary N) is 1. The van der Waals surface area contributed by atoms with Crippen LogP contribution in [-0.2, 0) is 24.2 Å². The molecule has 7 rings (SSSR count). The maximum absolute atomic E-state index is 14.0. The van der Waals surface area contributed by atoms with Gasteiger partial charge in [0.05, 0.1) is 16.8 Å². The molecule has 1 N–H and O–H groups in total. The van der Waals surface area contributed by atoms with Gasteiger partial charge in [0.15, 0.2) is 5.16 Å². The number of hydrogen-bond donors (Lipinski definition) is 1. The second-order valence-electron chi connectivity index (χ2n) is 10.2. The second kappa shape index (κ2) is 10.8. The van der Waals surface area contributed by atoms with E-state index in [0.29, 0.717) is 5.16 Å². The molecule has 1 aliphatic rings. The molecular weight excluding hydrogens is 616 g/mol. The zero-order valence-electron chi connectivity index (χ0n) is 22.4. The molecule has 0 bridgehead atoms. The van der Waals surface area contributed by atoms with Gasteiger partial charge in [0.1, 0.15) is 4.83 Å². The largest absolute Gasteiger partial charge is 0.341 e. The molecule has 0 atom stereocenters. The van der Waals surface area contributed by atoms with Crippen LogP contribution in [0.1, 0.15) is 30.2 Å². The predicted molar refractivity (Wildman–Crippen MR) is 174 cm³/mol. The van der Waals surface area contributed by atoms with Gasteiger partial charge < -0.3 is 9.88 Å². The van der Waals surface area contributed by atoms with Crippen LogP contribution in [0, 0.1) is 0 Å². The van der Waals surface area contributed by atoms with Crippen LogP contribution < -0.4 is 10.9 Å². The van der Waals surface area contributed by atoms with E-state index >= 15 is 0 Å². The Morgan fingerprint density at radius 1 is 1.02 bits per heavy atom. The Kier molecular flexibility index (Phi) is 6.97. The van der Waals surface area contributed by atoms with Crippen LogP contribution in [0.3, 0.4) is 0 Å². The molecule has 41 heavy (non-hydrogen) atoms. The predicted octanol–water partition coefficient (Wildman–Crippen LogP) is 7.95. The van der Waals surface area contributed by atoms with E-state index in [2.05, 4.69) is 57.0 Å². The highest BCUT2D eigenvalue weighted by Gasteiger charge is 2.23. The van der Waals surface area contributed by atoms with E-state index in [-0.39, 0.29) is 17.2 Å². The molecule has 6 aromatic rings. The number of thiophene rings is 1. The van der Waals surface area contributed by atoms with Crippen molar-refractivity contribution in [3.05, 3.63) is 92.0 Å². The molecule has 3 aromatic carbocycles. The molecule has 1 aliphatic carbocycles. The summed E-state index contributed by atoms with van der Waals surface area (Å²) in [5.41, 5.74) is 4.93. The van der Waals surface area contributed by atoms with Crippen molar-refractivity contribution in [3.8, 4) is 5.69 Å². The first-order valence-corrected chi connectivity index (χ1v) is 16.4. The van der Waals surface area contributed by atoms with Gasteiger partial charge in [-0.1, -0.05) is 45.9 Å². The van der Waals surface area contributed by atoms with Crippen LogP contribution in [0.25, 0.3) is 37.7 Å². The normalized spacial score (nSPS) is 13.2. The molecule has 0 aliphatic heterocycles. The summed E-state index contributed by atoms with van der Waals surface area (Å²) in [6.45, 7) is 3.01. The number of halogens is 1. The first-order chi connectivity index (χ1) is 20.0. The quantitative estimate of drug-likeness (QED) is 0.148. The van der Waals surface area contributed by atoms with Crippen molar-refractivity contribution in [2.45, 2.75) is 44.3 Å². The van der Waals surface area contributed by atoms with E-state index in [0.717, 1.165) is 74.8 Å². The van der Waals surface area contributed by atoms with Gasteiger partial charge in [0, 0.05) is 43.4 Å². The maximum Gasteiger partial charge on any atom is 0.267 e. The Labute approximate surface area is 253 Å². The number of fused-ring (bicyclic) bond motifs is 6. The van der Waals surface area contributed by atoms with E-state index in [1.165, 1.54) is 27.5 Å². The third kappa shape index (κ3) is 4.70. The second-order valence-corrected chi connectivity index (χ2v) is 13.2. The fraction of sp³-hybridized carbons (Fsp3) is 0.219. The zero-order valence-corrected chi connectivity index (χ0v) is 25.7. The molecule has 9 heteroatoms. The lowest BCUT2D eigenvalue weighted by Gasteiger charge is -2.14. The van der Waals surface area contributed by atoms with Crippen LogP contribution in [-0.4, -0.2) is 25.8 Å². The zero-order chi connectivity index (χ0) is 28.1. The number of aryl methyl sites for hydroxylation is 3. The van der Waals surface area contributed by atoms with Crippen LogP contribution in [0.5, 0.6) is 0 Å². The minimum atomic E-state index is -0.143. The summed E-state index contributed by atoms with van der Waals surface area (Å²) in [5, 5.41) is 6.62. The fourth-order valence-corrected chi connectivity index (χ4v) is 8.28. The minimum absolute atomic E-state index is 0.0580. The smallest absolute Gasteiger partial charge is 0.267 e. The van der Waals surface area contributed by atoms with Gasteiger partial charge in [0.25, 0.3) is 5.56 Å². The van der Waals surface area contributed by atoms with Crippen molar-refractivity contribution < 1.29 is 4.79 Å². The highest BCUT2D eigenvalue weighted by Crippen LogP contribution is 2.36. The summed E-state index contributed by atoms with van der Waals surface area (Å²) in [7, 11) is 0. The van der Waals surface area contributed by atoms with Gasteiger partial charge in [-0.3, -0.25) is 14.2 Å². The van der Waals surface area contributed by atoms with Crippen molar-refractivity contribution in [1.29, 1.82) is 0 Å². The van der Waals surface area contributed by atoms with Crippen LogP contribution in [0.4, 0.5) is 5.69 Å². The van der Waals surface area contributed by atoms with Crippen LogP contribution in [0.15, 0.2) is 81.2 Å². The summed E-state index contributed by atoms with van der Waals surface area (Å²) < 4.78 is 4.89. The standard InChI is InChI=1S/C32H27BrN4O2S2/c1-2-36-25-9-5-3-7-22(25)24-17-20(13-16-26(24)36)34-28(38)18-40-32-35-30-29(23-8-4-6-10-27(23)41-30)31(39)37(32)21-14-11-19(33)12-15-21/h3,5,7,9,11-17H,2,4,6,8,10,18H2,1H3,(H,34,38). The minimum Gasteiger partial charge on any atom is -0.341 e. The lowest BCUT2D eigenvalue weighted by Crippen LogP contribution is -2.23. The summed E-state index contributed by atoms with van der Waals surface area (Å²) in [4.78, 5) is 34.2. The van der Waals surface area contributed by atoms with Crippen LogP contribution >= 0.6 is 39.0 Å². The maximum atomic E-state index is 14.0. The number of nitrogens with zero attached hydrogens (tertiary/aromatic N) is 3. The monoisotopic (exact) mass is 642 g/mol. The molecule has 0 radical (unpaired) electrons. The third-order valence-electron chi connectivity index (χ3n) is 7.75. The van der Waals surface area contributed by atoms with Gasteiger partial charge in [-0.2, -0.15) is 0 Å². The topological polar surface area (TPSA) is 68.9 Å². The SMILES string of the molecule is CCn1c2ccccc2c2cc(NC(=O)CSc3nc4sc5c(c4c(=O)n3-c3ccc(Br)cc3)CCCC5)ccc21. The Balaban J connectivity index is 1.21. The molecular formula is C32H27BrN4O2S2. The lowest BCUT2D eigenvalue weighted by molar-refractivity contribution is -0.113. The number of anilines is 1. The van der Waals surface area contributed by atoms with Crippen molar-refractivity contribution in [1.82, 2.24) is 14.1 Å². The highest BCUT2D eigenvalue weighted by atomic mass is 79.9. The van der Waals surface area contributed by atoms with Gasteiger partial charge in [0.2, 0.25) is 5.91 Å². The van der Waals surface area contributed by atoms with E-state index in [4.69, 9.17) is 4.98 Å². The molecule has 1 amide bonds. The number of carbonyl (C=O) groups is 1. The molecule has 0 unspecified atom stereocenters. The van der Waals surface area contributed by atoms with E-state index in [1.54, 1.807) is 15.9 Å². The number of hydrogen-bond acceptors (Lipinski definition) is 5. The number of carbonyl (C=O) groups excluding carboxylic acids is 1. The molecule has 3 aromatic heterocycles. The van der Waals surface area contributed by atoms with Gasteiger partial charge in [-0.25, -0.2) is 4.98 Å². The van der Waals surface area contributed by atoms with Gasteiger partial charge in [-0.15, -0.1) is 11.3 Å². The molecule has 0 saturated heterocycles. The Morgan fingerprint density at radius 3 is 2.63 bits per heavy atom. The number of para-hydroxylation sites is 1. The Morgan fingerprint density at radius 2 is 1.80 bits per heavy atom. The number of thioether (sulfide) groups is 1. The van der Waals surface area contributed by atoms with Gasteiger partial charge >= 0.3 is 0 Å².